The van der Waals surface area contributed by atoms with Gasteiger partial charge in [-0.1, -0.05) is 30.7 Å². The second-order valence-electron chi connectivity index (χ2n) is 6.47. The Balaban J connectivity index is 1.80. The minimum atomic E-state index is 0.688. The maximum atomic E-state index is 5.35. The number of hydrogen-bond donors (Lipinski definition) is 2. The maximum absolute atomic E-state index is 5.35. The summed E-state index contributed by atoms with van der Waals surface area (Å²) in [5, 5.41) is 6.57. The Morgan fingerprint density at radius 2 is 1.76 bits per heavy atom. The number of piperidine rings is 1. The lowest BCUT2D eigenvalue weighted by Crippen LogP contribution is -2.39. The Labute approximate surface area is 152 Å². The Hall–Kier alpha value is -1.59. The molecular formula is C20H34N4O. The van der Waals surface area contributed by atoms with E-state index in [9.17, 15) is 0 Å². The summed E-state index contributed by atoms with van der Waals surface area (Å²) < 4.78 is 5.35. The maximum Gasteiger partial charge on any atom is 0.191 e. The van der Waals surface area contributed by atoms with E-state index in [1.54, 1.807) is 0 Å². The van der Waals surface area contributed by atoms with Crippen molar-refractivity contribution in [1.29, 1.82) is 0 Å². The van der Waals surface area contributed by atoms with Crippen LogP contribution in [0.15, 0.2) is 29.3 Å². The van der Waals surface area contributed by atoms with Crippen molar-refractivity contribution in [2.75, 3.05) is 39.4 Å². The molecular weight excluding hydrogens is 312 g/mol. The highest BCUT2D eigenvalue weighted by molar-refractivity contribution is 5.79. The Morgan fingerprint density at radius 1 is 1.04 bits per heavy atom. The molecule has 0 amide bonds. The molecule has 1 aliphatic rings. The predicted octanol–water partition coefficient (Wildman–Crippen LogP) is 2.76. The molecule has 0 aliphatic carbocycles. The van der Waals surface area contributed by atoms with Crippen molar-refractivity contribution in [3.63, 3.8) is 0 Å². The van der Waals surface area contributed by atoms with Gasteiger partial charge in [-0.05, 0) is 50.9 Å². The molecule has 1 fully saturated rings. The third kappa shape index (κ3) is 7.88. The topological polar surface area (TPSA) is 48.9 Å². The number of benzene rings is 1. The van der Waals surface area contributed by atoms with E-state index in [0.29, 0.717) is 13.2 Å². The first-order chi connectivity index (χ1) is 12.3. The van der Waals surface area contributed by atoms with Crippen molar-refractivity contribution in [2.45, 2.75) is 46.2 Å². The van der Waals surface area contributed by atoms with Gasteiger partial charge in [-0.15, -0.1) is 0 Å². The van der Waals surface area contributed by atoms with E-state index in [4.69, 9.17) is 4.74 Å². The smallest absolute Gasteiger partial charge is 0.191 e. The van der Waals surface area contributed by atoms with Crippen LogP contribution in [0.2, 0.25) is 0 Å². The third-order valence-corrected chi connectivity index (χ3v) is 4.38. The molecule has 0 aromatic heterocycles. The summed E-state index contributed by atoms with van der Waals surface area (Å²) in [6.07, 6.45) is 4.08. The Bertz CT molecular complexity index is 495. The average molecular weight is 347 g/mol. The summed E-state index contributed by atoms with van der Waals surface area (Å²) >= 11 is 0. The zero-order valence-corrected chi connectivity index (χ0v) is 15.9. The zero-order valence-electron chi connectivity index (χ0n) is 15.9. The molecule has 0 atom stereocenters. The molecule has 0 bridgehead atoms. The highest BCUT2D eigenvalue weighted by Crippen LogP contribution is 2.13. The molecule has 0 radical (unpaired) electrons. The number of ether oxygens (including phenoxy) is 1. The van der Waals surface area contributed by atoms with Crippen LogP contribution in [0.4, 0.5) is 0 Å². The summed E-state index contributed by atoms with van der Waals surface area (Å²) in [7, 11) is 0. The van der Waals surface area contributed by atoms with E-state index in [-0.39, 0.29) is 0 Å². The molecule has 1 saturated heterocycles. The lowest BCUT2D eigenvalue weighted by Gasteiger charge is -2.26. The van der Waals surface area contributed by atoms with Crippen LogP contribution in [0.5, 0.6) is 0 Å². The predicted molar refractivity (Wildman–Crippen MR) is 105 cm³/mol. The molecule has 140 valence electrons. The van der Waals surface area contributed by atoms with Crippen LogP contribution in [-0.4, -0.2) is 50.3 Å². The molecule has 1 aliphatic heterocycles. The van der Waals surface area contributed by atoms with Gasteiger partial charge >= 0.3 is 0 Å². The SMILES string of the molecule is CCNC(=NCc1ccc(CN2CCCCC2)cc1)NCCOCC. The summed E-state index contributed by atoms with van der Waals surface area (Å²) in [6, 6.07) is 8.89. The molecule has 5 nitrogen and oxygen atoms in total. The molecule has 2 N–H and O–H groups in total. The number of hydrogen-bond acceptors (Lipinski definition) is 3. The number of rotatable bonds is 9. The van der Waals surface area contributed by atoms with Gasteiger partial charge in [-0.3, -0.25) is 4.90 Å². The van der Waals surface area contributed by atoms with E-state index >= 15 is 0 Å². The lowest BCUT2D eigenvalue weighted by atomic mass is 10.1. The zero-order chi connectivity index (χ0) is 17.7. The molecule has 1 heterocycles. The number of nitrogens with one attached hydrogen (secondary N) is 2. The second kappa shape index (κ2) is 11.9. The van der Waals surface area contributed by atoms with Crippen molar-refractivity contribution in [2.24, 2.45) is 4.99 Å². The molecule has 2 rings (SSSR count). The number of aliphatic imine (C=N–C) groups is 1. The fourth-order valence-electron chi connectivity index (χ4n) is 3.02. The van der Waals surface area contributed by atoms with Crippen LogP contribution in [0.25, 0.3) is 0 Å². The van der Waals surface area contributed by atoms with Crippen molar-refractivity contribution < 1.29 is 4.74 Å². The molecule has 25 heavy (non-hydrogen) atoms. The van der Waals surface area contributed by atoms with Gasteiger partial charge in [0.25, 0.3) is 0 Å². The first kappa shape index (κ1) is 19.7. The summed E-state index contributed by atoms with van der Waals surface area (Å²) in [5.41, 5.74) is 2.64. The van der Waals surface area contributed by atoms with Crippen LogP contribution in [0.3, 0.4) is 0 Å². The summed E-state index contributed by atoms with van der Waals surface area (Å²) in [4.78, 5) is 7.21. The summed E-state index contributed by atoms with van der Waals surface area (Å²) in [6.45, 7) is 11.4. The minimum absolute atomic E-state index is 0.688. The summed E-state index contributed by atoms with van der Waals surface area (Å²) in [5.74, 6) is 0.847. The van der Waals surface area contributed by atoms with Gasteiger partial charge in [0.15, 0.2) is 5.96 Å². The first-order valence-corrected chi connectivity index (χ1v) is 9.72. The molecule has 0 unspecified atom stereocenters. The van der Waals surface area contributed by atoms with Crippen molar-refractivity contribution >= 4 is 5.96 Å². The quantitative estimate of drug-likeness (QED) is 0.410. The van der Waals surface area contributed by atoms with E-state index in [1.165, 1.54) is 43.5 Å². The monoisotopic (exact) mass is 346 g/mol. The van der Waals surface area contributed by atoms with Gasteiger partial charge in [0.05, 0.1) is 13.2 Å². The van der Waals surface area contributed by atoms with Gasteiger partial charge in [0.2, 0.25) is 0 Å². The number of guanidine groups is 1. The molecule has 0 saturated carbocycles. The van der Waals surface area contributed by atoms with E-state index < -0.39 is 0 Å². The first-order valence-electron chi connectivity index (χ1n) is 9.72. The van der Waals surface area contributed by atoms with E-state index in [0.717, 1.165) is 32.2 Å². The van der Waals surface area contributed by atoms with Gasteiger partial charge in [-0.2, -0.15) is 0 Å². The Kier molecular flexibility index (Phi) is 9.37. The second-order valence-corrected chi connectivity index (χ2v) is 6.47. The number of nitrogens with zero attached hydrogens (tertiary/aromatic N) is 2. The Morgan fingerprint density at radius 3 is 2.44 bits per heavy atom. The normalized spacial score (nSPS) is 16.0. The van der Waals surface area contributed by atoms with Crippen LogP contribution in [-0.2, 0) is 17.8 Å². The van der Waals surface area contributed by atoms with Crippen LogP contribution >= 0.6 is 0 Å². The fourth-order valence-corrected chi connectivity index (χ4v) is 3.02. The van der Waals surface area contributed by atoms with Crippen LogP contribution < -0.4 is 10.6 Å². The highest BCUT2D eigenvalue weighted by Gasteiger charge is 2.10. The molecule has 0 spiro atoms. The van der Waals surface area contributed by atoms with Crippen LogP contribution in [0.1, 0.15) is 44.2 Å². The standard InChI is InChI=1S/C20H34N4O/c1-3-21-20(22-12-15-25-4-2)23-16-18-8-10-19(11-9-18)17-24-13-6-5-7-14-24/h8-11H,3-7,12-17H2,1-2H3,(H2,21,22,23). The van der Waals surface area contributed by atoms with E-state index in [2.05, 4.69) is 51.7 Å². The van der Waals surface area contributed by atoms with Gasteiger partial charge < -0.3 is 15.4 Å². The molecule has 1 aromatic carbocycles. The van der Waals surface area contributed by atoms with Gasteiger partial charge in [-0.25, -0.2) is 4.99 Å². The lowest BCUT2D eigenvalue weighted by molar-refractivity contribution is 0.152. The largest absolute Gasteiger partial charge is 0.380 e. The van der Waals surface area contributed by atoms with Crippen molar-refractivity contribution in [3.05, 3.63) is 35.4 Å². The highest BCUT2D eigenvalue weighted by atomic mass is 16.5. The minimum Gasteiger partial charge on any atom is -0.380 e. The average Bonchev–Trinajstić information content (AvgIpc) is 2.65. The van der Waals surface area contributed by atoms with Crippen molar-refractivity contribution in [1.82, 2.24) is 15.5 Å². The van der Waals surface area contributed by atoms with Crippen molar-refractivity contribution in [3.8, 4) is 0 Å². The van der Waals surface area contributed by atoms with Gasteiger partial charge in [0, 0.05) is 26.2 Å². The number of likely N-dealkylation sites (tertiary alicyclic amines) is 1. The molecule has 1 aromatic rings. The van der Waals surface area contributed by atoms with Crippen LogP contribution in [0, 0.1) is 0 Å². The third-order valence-electron chi connectivity index (χ3n) is 4.38. The fraction of sp³-hybridized carbons (Fsp3) is 0.650. The van der Waals surface area contributed by atoms with Gasteiger partial charge in [0.1, 0.15) is 0 Å². The van der Waals surface area contributed by atoms with E-state index in [1.807, 2.05) is 6.92 Å². The molecule has 5 heteroatoms.